The molecule has 0 spiro atoms. The van der Waals surface area contributed by atoms with Gasteiger partial charge in [-0.05, 0) is 0 Å². The number of hydrogen-bond acceptors (Lipinski definition) is 2. The molecule has 1 radical (unpaired) electrons. The van der Waals surface area contributed by atoms with Crippen molar-refractivity contribution >= 4 is 6.29 Å². The van der Waals surface area contributed by atoms with E-state index in [9.17, 15) is 0 Å². The summed E-state index contributed by atoms with van der Waals surface area (Å²) in [7, 11) is 1.68. The largest absolute Gasteiger partial charge is 0.542 e. The molecule has 0 heterocycles. The Morgan fingerprint density at radius 2 is 2.00 bits per heavy atom. The van der Waals surface area contributed by atoms with E-state index in [0.29, 0.717) is 0 Å². The van der Waals surface area contributed by atoms with Gasteiger partial charge in [0, 0.05) is 39.8 Å². The number of carbonyl (C=O) groups excluding carboxylic acids is 1. The van der Waals surface area contributed by atoms with Crippen LogP contribution in [0.2, 0.25) is 0 Å². The minimum absolute atomic E-state index is 0. The van der Waals surface area contributed by atoms with Gasteiger partial charge in [-0.25, -0.2) is 0 Å². The fourth-order valence-electron chi connectivity index (χ4n) is 0.167. The summed E-state index contributed by atoms with van der Waals surface area (Å²) >= 11 is 0. The molecule has 2 nitrogen and oxygen atoms in total. The summed E-state index contributed by atoms with van der Waals surface area (Å²) in [6, 6.07) is 0. The van der Waals surface area contributed by atoms with Crippen molar-refractivity contribution in [1.29, 1.82) is 0 Å². The fraction of sp³-hybridized carbons (Fsp3) is 0.667. The predicted molar refractivity (Wildman–Crippen MR) is 33.2 cm³/mol. The van der Waals surface area contributed by atoms with Crippen molar-refractivity contribution < 1.29 is 42.2 Å². The summed E-state index contributed by atoms with van der Waals surface area (Å²) in [5.74, 6) is 0. The molecule has 0 fully saturated rings. The molecule has 0 bridgehead atoms. The number of hydrogen-bond donors (Lipinski definition) is 0. The monoisotopic (exact) mass is 205 g/mol. The molecule has 0 N–H and O–H groups in total. The fourth-order valence-corrected chi connectivity index (χ4v) is 0.167. The van der Waals surface area contributed by atoms with Crippen molar-refractivity contribution in [3.63, 3.8) is 0 Å². The van der Waals surface area contributed by atoms with Crippen LogP contribution in [0.3, 0.4) is 0 Å². The molecule has 0 saturated carbocycles. The SMILES string of the molecule is C[C-]=O.C[CH-]COC.[Y]. The molecular weight excluding hydrogens is 193 g/mol. The topological polar surface area (TPSA) is 26.3 Å². The third kappa shape index (κ3) is 53.0. The van der Waals surface area contributed by atoms with Crippen molar-refractivity contribution in [1.82, 2.24) is 0 Å². The zero-order chi connectivity index (χ0) is 6.83. The van der Waals surface area contributed by atoms with Gasteiger partial charge in [0.05, 0.1) is 0 Å². The van der Waals surface area contributed by atoms with E-state index < -0.39 is 0 Å². The molecular formula is C6H12O2Y-2. The van der Waals surface area contributed by atoms with Gasteiger partial charge in [0.15, 0.2) is 0 Å². The molecule has 0 atom stereocenters. The van der Waals surface area contributed by atoms with E-state index in [1.807, 2.05) is 13.3 Å². The summed E-state index contributed by atoms with van der Waals surface area (Å²) in [6.45, 7) is 4.05. The minimum Gasteiger partial charge on any atom is -0.542 e. The zero-order valence-corrected chi connectivity index (χ0v) is 9.02. The average molecular weight is 205 g/mol. The van der Waals surface area contributed by atoms with Crippen LogP contribution < -0.4 is 0 Å². The number of ether oxygens (including phenoxy) is 1. The van der Waals surface area contributed by atoms with Crippen LogP contribution in [0, 0.1) is 6.42 Å². The molecule has 0 aromatic heterocycles. The van der Waals surface area contributed by atoms with Gasteiger partial charge in [-0.3, -0.25) is 6.29 Å². The van der Waals surface area contributed by atoms with Crippen LogP contribution >= 0.6 is 0 Å². The van der Waals surface area contributed by atoms with Crippen LogP contribution in [0.15, 0.2) is 0 Å². The number of rotatable bonds is 2. The van der Waals surface area contributed by atoms with Crippen molar-refractivity contribution in [2.45, 2.75) is 13.8 Å². The maximum Gasteiger partial charge on any atom is 0.0319 e. The van der Waals surface area contributed by atoms with Crippen LogP contribution in [0.5, 0.6) is 0 Å². The van der Waals surface area contributed by atoms with E-state index in [1.54, 1.807) is 7.11 Å². The van der Waals surface area contributed by atoms with Crippen molar-refractivity contribution in [3.8, 4) is 0 Å². The van der Waals surface area contributed by atoms with E-state index >= 15 is 0 Å². The Hall–Kier alpha value is 0.734. The van der Waals surface area contributed by atoms with Gasteiger partial charge in [-0.15, -0.1) is 0 Å². The van der Waals surface area contributed by atoms with Gasteiger partial charge in [0.2, 0.25) is 0 Å². The molecule has 0 saturated heterocycles. The summed E-state index contributed by atoms with van der Waals surface area (Å²) in [6.07, 6.45) is 3.46. The van der Waals surface area contributed by atoms with Crippen LogP contribution in [0.25, 0.3) is 0 Å². The second-order valence-electron chi connectivity index (χ2n) is 1.07. The van der Waals surface area contributed by atoms with Crippen molar-refractivity contribution in [2.75, 3.05) is 13.7 Å². The second kappa shape index (κ2) is 23.3. The van der Waals surface area contributed by atoms with Crippen LogP contribution in [-0.2, 0) is 42.2 Å². The summed E-state index contributed by atoms with van der Waals surface area (Å²) < 4.78 is 4.64. The van der Waals surface area contributed by atoms with Gasteiger partial charge in [-0.1, -0.05) is 6.61 Å². The van der Waals surface area contributed by atoms with E-state index in [1.165, 1.54) is 13.2 Å². The Bertz CT molecular complexity index is 38.0. The molecule has 53 valence electrons. The smallest absolute Gasteiger partial charge is 0.0319 e. The van der Waals surface area contributed by atoms with Gasteiger partial charge in [-0.2, -0.15) is 13.8 Å². The second-order valence-corrected chi connectivity index (χ2v) is 1.07. The van der Waals surface area contributed by atoms with Crippen LogP contribution in [0.4, 0.5) is 0 Å². The third-order valence-electron chi connectivity index (χ3n) is 0.333. The minimum atomic E-state index is 0. The molecule has 0 aromatic carbocycles. The summed E-state index contributed by atoms with van der Waals surface area (Å²) in [5.41, 5.74) is 0. The molecule has 0 rings (SSSR count). The van der Waals surface area contributed by atoms with E-state index in [4.69, 9.17) is 4.79 Å². The molecule has 0 unspecified atom stereocenters. The van der Waals surface area contributed by atoms with E-state index in [-0.39, 0.29) is 32.7 Å². The van der Waals surface area contributed by atoms with Gasteiger partial charge in [0.1, 0.15) is 0 Å². The normalized spacial score (nSPS) is 6.11. The quantitative estimate of drug-likeness (QED) is 0.628. The van der Waals surface area contributed by atoms with Crippen LogP contribution in [0.1, 0.15) is 13.8 Å². The van der Waals surface area contributed by atoms with Crippen molar-refractivity contribution in [2.24, 2.45) is 0 Å². The Kier molecular flexibility index (Phi) is 42.4. The first-order chi connectivity index (χ1) is 3.83. The molecule has 9 heavy (non-hydrogen) atoms. The van der Waals surface area contributed by atoms with Crippen molar-refractivity contribution in [3.05, 3.63) is 6.42 Å². The van der Waals surface area contributed by atoms with Gasteiger partial charge >= 0.3 is 0 Å². The molecule has 0 aliphatic carbocycles. The predicted octanol–water partition coefficient (Wildman–Crippen LogP) is 0.970. The Morgan fingerprint density at radius 1 is 1.67 bits per heavy atom. The molecule has 0 aromatic rings. The maximum atomic E-state index is 8.68. The molecule has 0 aliphatic heterocycles. The molecule has 3 heteroatoms. The Labute approximate surface area is 82.2 Å². The van der Waals surface area contributed by atoms with Gasteiger partial charge < -0.3 is 16.0 Å². The first kappa shape index (κ1) is 16.4. The standard InChI is InChI=1S/C4H9O.C2H3O.Y/c1-3-4-5-2;1-2-3;/h3H,4H2,1-2H3;1H3;/q2*-1;. The Balaban J connectivity index is -0.0000000800. The first-order valence-electron chi connectivity index (χ1n) is 2.39. The maximum absolute atomic E-state index is 8.68. The average Bonchev–Trinajstić information content (AvgIpc) is 1.71. The van der Waals surface area contributed by atoms with Crippen LogP contribution in [-0.4, -0.2) is 20.0 Å². The molecule has 0 aliphatic rings. The summed E-state index contributed by atoms with van der Waals surface area (Å²) in [4.78, 5) is 8.68. The zero-order valence-electron chi connectivity index (χ0n) is 6.18. The first-order valence-corrected chi connectivity index (χ1v) is 2.39. The Morgan fingerprint density at radius 3 is 2.00 bits per heavy atom. The summed E-state index contributed by atoms with van der Waals surface area (Å²) in [5, 5.41) is 0. The van der Waals surface area contributed by atoms with E-state index in [2.05, 4.69) is 4.74 Å². The van der Waals surface area contributed by atoms with Gasteiger partial charge in [0.25, 0.3) is 0 Å². The van der Waals surface area contributed by atoms with E-state index in [0.717, 1.165) is 6.61 Å². The number of methoxy groups -OCH3 is 1. The molecule has 0 amide bonds. The third-order valence-corrected chi connectivity index (χ3v) is 0.333.